The molecule has 1 heterocycles. The Hall–Kier alpha value is -2.41. The fourth-order valence-corrected chi connectivity index (χ4v) is 2.69. The molecule has 0 amide bonds. The molecule has 0 spiro atoms. The highest BCUT2D eigenvalue weighted by Crippen LogP contribution is 2.46. The monoisotopic (exact) mass is 338 g/mol. The van der Waals surface area contributed by atoms with Gasteiger partial charge in [0, 0.05) is 13.1 Å². The van der Waals surface area contributed by atoms with Gasteiger partial charge < -0.3 is 20.1 Å². The van der Waals surface area contributed by atoms with Crippen molar-refractivity contribution >= 4 is 11.4 Å². The molecule has 0 saturated carbocycles. The maximum Gasteiger partial charge on any atom is 0.422 e. The molecule has 2 aromatic rings. The summed E-state index contributed by atoms with van der Waals surface area (Å²) in [6.07, 6.45) is -4.59. The van der Waals surface area contributed by atoms with Crippen LogP contribution in [0.4, 0.5) is 24.5 Å². The molecule has 7 heteroatoms. The number of alkyl halides is 3. The predicted molar refractivity (Wildman–Crippen MR) is 85.4 cm³/mol. The van der Waals surface area contributed by atoms with Crippen molar-refractivity contribution in [2.75, 3.05) is 36.9 Å². The lowest BCUT2D eigenvalue weighted by Crippen LogP contribution is -2.38. The Morgan fingerprint density at radius 1 is 1.00 bits per heavy atom. The quantitative estimate of drug-likeness (QED) is 0.862. The number of nitrogen functional groups attached to an aromatic ring is 1. The zero-order chi connectivity index (χ0) is 17.2. The van der Waals surface area contributed by atoms with Gasteiger partial charge in [0.25, 0.3) is 0 Å². The first-order valence-corrected chi connectivity index (χ1v) is 7.52. The molecule has 4 nitrogen and oxygen atoms in total. The van der Waals surface area contributed by atoms with E-state index in [9.17, 15) is 13.2 Å². The lowest BCUT2D eigenvalue weighted by Gasteiger charge is -2.32. The standard InChI is InChI=1S/C17H17F3N2O2/c18-17(19,20)15-14(24-12-4-2-1-3-5-12)7-6-13(21)16(15)22-8-10-23-11-9-22/h1-7H,8-11,21H2. The van der Waals surface area contributed by atoms with Gasteiger partial charge in [-0.3, -0.25) is 0 Å². The van der Waals surface area contributed by atoms with E-state index in [1.807, 2.05) is 0 Å². The number of ether oxygens (including phenoxy) is 2. The molecule has 0 radical (unpaired) electrons. The SMILES string of the molecule is Nc1ccc(Oc2ccccc2)c(C(F)(F)F)c1N1CCOCC1. The number of nitrogens with zero attached hydrogens (tertiary/aromatic N) is 1. The van der Waals surface area contributed by atoms with E-state index < -0.39 is 11.7 Å². The van der Waals surface area contributed by atoms with Crippen molar-refractivity contribution in [3.05, 3.63) is 48.0 Å². The Morgan fingerprint density at radius 2 is 1.67 bits per heavy atom. The number of morpholine rings is 1. The second kappa shape index (κ2) is 6.60. The van der Waals surface area contributed by atoms with Crippen LogP contribution in [0.3, 0.4) is 0 Å². The van der Waals surface area contributed by atoms with Crippen LogP contribution in [0.15, 0.2) is 42.5 Å². The number of rotatable bonds is 3. The molecular formula is C17H17F3N2O2. The molecule has 3 rings (SSSR count). The minimum absolute atomic E-state index is 0.0424. The molecule has 0 atom stereocenters. The third-order valence-electron chi connectivity index (χ3n) is 3.75. The smallest absolute Gasteiger partial charge is 0.422 e. The second-order valence-electron chi connectivity index (χ2n) is 5.39. The average molecular weight is 338 g/mol. The second-order valence-corrected chi connectivity index (χ2v) is 5.39. The van der Waals surface area contributed by atoms with Gasteiger partial charge in [0.1, 0.15) is 17.1 Å². The largest absolute Gasteiger partial charge is 0.457 e. The molecule has 0 bridgehead atoms. The van der Waals surface area contributed by atoms with E-state index in [4.69, 9.17) is 15.2 Å². The minimum Gasteiger partial charge on any atom is -0.457 e. The predicted octanol–water partition coefficient (Wildman–Crippen LogP) is 3.92. The fourth-order valence-electron chi connectivity index (χ4n) is 2.69. The lowest BCUT2D eigenvalue weighted by atomic mass is 10.1. The summed E-state index contributed by atoms with van der Waals surface area (Å²) < 4.78 is 52.0. The highest BCUT2D eigenvalue weighted by Gasteiger charge is 2.40. The van der Waals surface area contributed by atoms with Crippen LogP contribution < -0.4 is 15.4 Å². The zero-order valence-corrected chi connectivity index (χ0v) is 12.8. The first-order chi connectivity index (χ1) is 11.5. The van der Waals surface area contributed by atoms with Gasteiger partial charge in [0.15, 0.2) is 0 Å². The van der Waals surface area contributed by atoms with Crippen LogP contribution in [-0.2, 0) is 10.9 Å². The molecule has 2 aromatic carbocycles. The first-order valence-electron chi connectivity index (χ1n) is 7.52. The number of hydrogen-bond acceptors (Lipinski definition) is 4. The summed E-state index contributed by atoms with van der Waals surface area (Å²) in [5.74, 6) is 0.0742. The zero-order valence-electron chi connectivity index (χ0n) is 12.8. The van der Waals surface area contributed by atoms with Crippen molar-refractivity contribution < 1.29 is 22.6 Å². The van der Waals surface area contributed by atoms with Gasteiger partial charge in [0.05, 0.1) is 24.6 Å². The lowest BCUT2D eigenvalue weighted by molar-refractivity contribution is -0.138. The molecule has 0 aliphatic carbocycles. The van der Waals surface area contributed by atoms with E-state index in [1.54, 1.807) is 35.2 Å². The Labute approximate surface area is 137 Å². The van der Waals surface area contributed by atoms with Crippen molar-refractivity contribution in [3.63, 3.8) is 0 Å². The number of anilines is 2. The molecule has 0 aromatic heterocycles. The number of benzene rings is 2. The van der Waals surface area contributed by atoms with Crippen LogP contribution in [0.2, 0.25) is 0 Å². The number of nitrogens with two attached hydrogens (primary N) is 1. The van der Waals surface area contributed by atoms with Crippen molar-refractivity contribution in [2.45, 2.75) is 6.18 Å². The van der Waals surface area contributed by atoms with Gasteiger partial charge >= 0.3 is 6.18 Å². The van der Waals surface area contributed by atoms with Gasteiger partial charge in [-0.2, -0.15) is 13.2 Å². The van der Waals surface area contributed by atoms with Crippen molar-refractivity contribution in [1.29, 1.82) is 0 Å². The summed E-state index contributed by atoms with van der Waals surface area (Å²) in [6.45, 7) is 1.42. The first kappa shape index (κ1) is 16.4. The van der Waals surface area contributed by atoms with Crippen LogP contribution >= 0.6 is 0 Å². The summed E-state index contributed by atoms with van der Waals surface area (Å²) in [4.78, 5) is 1.60. The van der Waals surface area contributed by atoms with Crippen LogP contribution in [-0.4, -0.2) is 26.3 Å². The minimum atomic E-state index is -4.59. The molecule has 0 unspecified atom stereocenters. The summed E-state index contributed by atoms with van der Waals surface area (Å²) in [6, 6.07) is 11.1. The third kappa shape index (κ3) is 3.41. The van der Waals surface area contributed by atoms with Crippen LogP contribution in [0, 0.1) is 0 Å². The Kier molecular flexibility index (Phi) is 4.53. The molecule has 1 aliphatic rings. The number of hydrogen-bond donors (Lipinski definition) is 1. The normalized spacial score (nSPS) is 15.4. The van der Waals surface area contributed by atoms with E-state index in [-0.39, 0.29) is 17.1 Å². The molecule has 128 valence electrons. The maximum atomic E-state index is 13.8. The summed E-state index contributed by atoms with van der Waals surface area (Å²) in [5, 5.41) is 0. The Morgan fingerprint density at radius 3 is 2.29 bits per heavy atom. The Balaban J connectivity index is 2.08. The van der Waals surface area contributed by atoms with E-state index >= 15 is 0 Å². The maximum absolute atomic E-state index is 13.8. The third-order valence-corrected chi connectivity index (χ3v) is 3.75. The summed E-state index contributed by atoms with van der Waals surface area (Å²) in [7, 11) is 0. The van der Waals surface area contributed by atoms with Gasteiger partial charge in [0.2, 0.25) is 0 Å². The molecule has 1 aliphatic heterocycles. The number of halogens is 3. The highest BCUT2D eigenvalue weighted by atomic mass is 19.4. The highest BCUT2D eigenvalue weighted by molar-refractivity contribution is 5.76. The van der Waals surface area contributed by atoms with Gasteiger partial charge in [-0.25, -0.2) is 0 Å². The van der Waals surface area contributed by atoms with Crippen molar-refractivity contribution in [3.8, 4) is 11.5 Å². The average Bonchev–Trinajstić information content (AvgIpc) is 2.57. The molecule has 1 saturated heterocycles. The fraction of sp³-hybridized carbons (Fsp3) is 0.294. The molecule has 1 fully saturated rings. The van der Waals surface area contributed by atoms with Gasteiger partial charge in [-0.05, 0) is 24.3 Å². The van der Waals surface area contributed by atoms with Crippen molar-refractivity contribution in [2.24, 2.45) is 0 Å². The summed E-state index contributed by atoms with van der Waals surface area (Å²) in [5.41, 5.74) is 5.05. The van der Waals surface area contributed by atoms with E-state index in [1.165, 1.54) is 12.1 Å². The molecule has 24 heavy (non-hydrogen) atoms. The molecular weight excluding hydrogens is 321 g/mol. The van der Waals surface area contributed by atoms with Crippen LogP contribution in [0.1, 0.15) is 5.56 Å². The van der Waals surface area contributed by atoms with E-state index in [2.05, 4.69) is 0 Å². The molecule has 2 N–H and O–H groups in total. The van der Waals surface area contributed by atoms with Crippen LogP contribution in [0.25, 0.3) is 0 Å². The van der Waals surface area contributed by atoms with Crippen molar-refractivity contribution in [1.82, 2.24) is 0 Å². The van der Waals surface area contributed by atoms with Gasteiger partial charge in [-0.1, -0.05) is 18.2 Å². The topological polar surface area (TPSA) is 47.7 Å². The summed E-state index contributed by atoms with van der Waals surface area (Å²) >= 11 is 0. The van der Waals surface area contributed by atoms with Gasteiger partial charge in [-0.15, -0.1) is 0 Å². The Bertz CT molecular complexity index is 699. The number of para-hydroxylation sites is 1. The van der Waals surface area contributed by atoms with E-state index in [0.717, 1.165) is 0 Å². The van der Waals surface area contributed by atoms with Crippen LogP contribution in [0.5, 0.6) is 11.5 Å². The van der Waals surface area contributed by atoms with E-state index in [0.29, 0.717) is 32.1 Å².